The van der Waals surface area contributed by atoms with E-state index in [0.29, 0.717) is 0 Å². The number of nitrogens with one attached hydrogen (secondary N) is 1. The van der Waals surface area contributed by atoms with Crippen LogP contribution in [0.3, 0.4) is 0 Å². The highest BCUT2D eigenvalue weighted by atomic mass is 14.9. The largest absolute Gasteiger partial charge is 0.316 e. The standard InChI is InChI=1S/C19H33N/c1-6-8-17(5)19(14-20-13-15(2)3)12-18-10-7-9-16(4)11-18/h7,9-11,15,17,19-20H,6,8,12-14H2,1-5H3. The molecular formula is C19H33N. The fourth-order valence-corrected chi connectivity index (χ4v) is 2.86. The van der Waals surface area contributed by atoms with Gasteiger partial charge in [0.1, 0.15) is 0 Å². The van der Waals surface area contributed by atoms with Gasteiger partial charge in [-0.2, -0.15) is 0 Å². The minimum atomic E-state index is 0.733. The van der Waals surface area contributed by atoms with Crippen molar-refractivity contribution in [1.82, 2.24) is 5.32 Å². The van der Waals surface area contributed by atoms with Gasteiger partial charge in [0.2, 0.25) is 0 Å². The molecule has 1 aromatic carbocycles. The molecule has 2 unspecified atom stereocenters. The summed E-state index contributed by atoms with van der Waals surface area (Å²) in [6.07, 6.45) is 3.82. The summed E-state index contributed by atoms with van der Waals surface area (Å²) in [5.41, 5.74) is 2.86. The molecule has 0 aliphatic heterocycles. The Kier molecular flexibility index (Phi) is 7.91. The lowest BCUT2D eigenvalue weighted by Crippen LogP contribution is -2.31. The Bertz CT molecular complexity index is 370. The molecule has 1 aromatic rings. The van der Waals surface area contributed by atoms with Gasteiger partial charge in [0.05, 0.1) is 0 Å². The van der Waals surface area contributed by atoms with E-state index in [1.807, 2.05) is 0 Å². The van der Waals surface area contributed by atoms with Gasteiger partial charge in [0.25, 0.3) is 0 Å². The zero-order valence-corrected chi connectivity index (χ0v) is 14.1. The van der Waals surface area contributed by atoms with Gasteiger partial charge in [-0.05, 0) is 49.8 Å². The van der Waals surface area contributed by atoms with Gasteiger partial charge in [-0.25, -0.2) is 0 Å². The van der Waals surface area contributed by atoms with E-state index in [-0.39, 0.29) is 0 Å². The van der Waals surface area contributed by atoms with E-state index in [4.69, 9.17) is 0 Å². The van der Waals surface area contributed by atoms with Crippen LogP contribution >= 0.6 is 0 Å². The first-order valence-corrected chi connectivity index (χ1v) is 8.29. The molecule has 0 radical (unpaired) electrons. The van der Waals surface area contributed by atoms with E-state index in [9.17, 15) is 0 Å². The van der Waals surface area contributed by atoms with E-state index in [2.05, 4.69) is 64.2 Å². The normalized spacial score (nSPS) is 14.5. The van der Waals surface area contributed by atoms with Crippen LogP contribution in [0.1, 0.15) is 51.7 Å². The summed E-state index contributed by atoms with van der Waals surface area (Å²) in [5, 5.41) is 3.66. The zero-order chi connectivity index (χ0) is 15.0. The third-order valence-corrected chi connectivity index (χ3v) is 4.09. The topological polar surface area (TPSA) is 12.0 Å². The van der Waals surface area contributed by atoms with Crippen LogP contribution in [0.5, 0.6) is 0 Å². The van der Waals surface area contributed by atoms with Crippen molar-refractivity contribution < 1.29 is 0 Å². The Balaban J connectivity index is 2.61. The second kappa shape index (κ2) is 9.18. The summed E-state index contributed by atoms with van der Waals surface area (Å²) in [6.45, 7) is 13.7. The third kappa shape index (κ3) is 6.56. The van der Waals surface area contributed by atoms with Gasteiger partial charge in [-0.3, -0.25) is 0 Å². The molecule has 0 fully saturated rings. The SMILES string of the molecule is CCCC(C)C(CNCC(C)C)Cc1cccc(C)c1. The first-order chi connectivity index (χ1) is 9.52. The van der Waals surface area contributed by atoms with E-state index in [1.54, 1.807) is 0 Å². The van der Waals surface area contributed by atoms with Gasteiger partial charge < -0.3 is 5.32 Å². The Morgan fingerprint density at radius 1 is 1.10 bits per heavy atom. The highest BCUT2D eigenvalue weighted by Crippen LogP contribution is 2.22. The van der Waals surface area contributed by atoms with Crippen LogP contribution in [-0.4, -0.2) is 13.1 Å². The van der Waals surface area contributed by atoms with Crippen LogP contribution in [-0.2, 0) is 6.42 Å². The average Bonchev–Trinajstić information content (AvgIpc) is 2.37. The summed E-state index contributed by atoms with van der Waals surface area (Å²) in [7, 11) is 0. The number of benzene rings is 1. The Morgan fingerprint density at radius 2 is 1.85 bits per heavy atom. The molecule has 0 amide bonds. The van der Waals surface area contributed by atoms with Crippen LogP contribution in [0, 0.1) is 24.7 Å². The lowest BCUT2D eigenvalue weighted by Gasteiger charge is -2.25. The molecule has 0 saturated heterocycles. The number of hydrogen-bond acceptors (Lipinski definition) is 1. The predicted molar refractivity (Wildman–Crippen MR) is 90.2 cm³/mol. The molecule has 0 aliphatic rings. The average molecular weight is 275 g/mol. The molecule has 1 nitrogen and oxygen atoms in total. The number of aryl methyl sites for hydroxylation is 1. The van der Waals surface area contributed by atoms with Gasteiger partial charge in [0, 0.05) is 0 Å². The maximum absolute atomic E-state index is 3.66. The van der Waals surface area contributed by atoms with Gasteiger partial charge >= 0.3 is 0 Å². The van der Waals surface area contributed by atoms with Crippen molar-refractivity contribution in [3.63, 3.8) is 0 Å². The molecule has 0 saturated carbocycles. The maximum Gasteiger partial charge on any atom is -0.00147 e. The van der Waals surface area contributed by atoms with Gasteiger partial charge in [-0.1, -0.05) is 70.4 Å². The molecule has 2 atom stereocenters. The second-order valence-corrected chi connectivity index (χ2v) is 6.77. The lowest BCUT2D eigenvalue weighted by atomic mass is 9.85. The van der Waals surface area contributed by atoms with E-state index < -0.39 is 0 Å². The number of rotatable bonds is 9. The van der Waals surface area contributed by atoms with Gasteiger partial charge in [0.15, 0.2) is 0 Å². The summed E-state index contributed by atoms with van der Waals surface area (Å²) < 4.78 is 0. The van der Waals surface area contributed by atoms with Crippen molar-refractivity contribution in [2.75, 3.05) is 13.1 Å². The van der Waals surface area contributed by atoms with Crippen molar-refractivity contribution in [3.8, 4) is 0 Å². The third-order valence-electron chi connectivity index (χ3n) is 4.09. The molecule has 1 N–H and O–H groups in total. The molecule has 1 heteroatoms. The fourth-order valence-electron chi connectivity index (χ4n) is 2.86. The second-order valence-electron chi connectivity index (χ2n) is 6.77. The monoisotopic (exact) mass is 275 g/mol. The molecule has 0 heterocycles. The van der Waals surface area contributed by atoms with Crippen LogP contribution in [0.15, 0.2) is 24.3 Å². The Labute approximate surface area is 126 Å². The Hall–Kier alpha value is -0.820. The van der Waals surface area contributed by atoms with Crippen LogP contribution in [0.25, 0.3) is 0 Å². The van der Waals surface area contributed by atoms with E-state index >= 15 is 0 Å². The van der Waals surface area contributed by atoms with Crippen molar-refractivity contribution in [2.24, 2.45) is 17.8 Å². The molecule has 114 valence electrons. The molecule has 1 rings (SSSR count). The van der Waals surface area contributed by atoms with E-state index in [0.717, 1.165) is 30.8 Å². The maximum atomic E-state index is 3.66. The first-order valence-electron chi connectivity index (χ1n) is 8.29. The van der Waals surface area contributed by atoms with Gasteiger partial charge in [-0.15, -0.1) is 0 Å². The lowest BCUT2D eigenvalue weighted by molar-refractivity contribution is 0.313. The smallest absolute Gasteiger partial charge is 0.00147 e. The first kappa shape index (κ1) is 17.2. The van der Waals surface area contributed by atoms with Crippen LogP contribution < -0.4 is 5.32 Å². The van der Waals surface area contributed by atoms with Crippen molar-refractivity contribution >= 4 is 0 Å². The van der Waals surface area contributed by atoms with Crippen LogP contribution in [0.4, 0.5) is 0 Å². The fraction of sp³-hybridized carbons (Fsp3) is 0.684. The molecule has 0 spiro atoms. The minimum absolute atomic E-state index is 0.733. The zero-order valence-electron chi connectivity index (χ0n) is 14.1. The molecule has 0 bridgehead atoms. The quantitative estimate of drug-likeness (QED) is 0.680. The highest BCUT2D eigenvalue weighted by molar-refractivity contribution is 5.22. The van der Waals surface area contributed by atoms with Crippen molar-refractivity contribution in [2.45, 2.75) is 53.9 Å². The highest BCUT2D eigenvalue weighted by Gasteiger charge is 2.17. The molecular weight excluding hydrogens is 242 g/mol. The molecule has 0 aliphatic carbocycles. The number of hydrogen-bond donors (Lipinski definition) is 1. The predicted octanol–water partition coefficient (Wildman–Crippen LogP) is 4.84. The van der Waals surface area contributed by atoms with Crippen LogP contribution in [0.2, 0.25) is 0 Å². The summed E-state index contributed by atoms with van der Waals surface area (Å²) in [5.74, 6) is 2.27. The minimum Gasteiger partial charge on any atom is -0.316 e. The summed E-state index contributed by atoms with van der Waals surface area (Å²) in [6, 6.07) is 8.99. The summed E-state index contributed by atoms with van der Waals surface area (Å²) in [4.78, 5) is 0. The van der Waals surface area contributed by atoms with E-state index in [1.165, 1.54) is 30.4 Å². The van der Waals surface area contributed by atoms with Crippen molar-refractivity contribution in [1.29, 1.82) is 0 Å². The van der Waals surface area contributed by atoms with Crippen molar-refractivity contribution in [3.05, 3.63) is 35.4 Å². The molecule has 20 heavy (non-hydrogen) atoms. The Morgan fingerprint density at radius 3 is 2.45 bits per heavy atom. The summed E-state index contributed by atoms with van der Waals surface area (Å²) >= 11 is 0. The molecule has 0 aromatic heterocycles.